The van der Waals surface area contributed by atoms with Crippen LogP contribution in [-0.2, 0) is 41.3 Å². The quantitative estimate of drug-likeness (QED) is 0.152. The fraction of sp³-hybridized carbons (Fsp3) is 0.600. The van der Waals surface area contributed by atoms with E-state index in [9.17, 15) is 19.8 Å². The molecule has 182 valence electrons. The number of benzene rings is 1. The Balaban J connectivity index is 2.67. The number of carboxylic acid groups (broad SMARTS) is 2. The van der Waals surface area contributed by atoms with Gasteiger partial charge in [-0.3, -0.25) is 0 Å². The number of rotatable bonds is 20. The van der Waals surface area contributed by atoms with E-state index in [2.05, 4.69) is 0 Å². The topological polar surface area (TPSA) is 170 Å². The molecule has 0 aliphatic carbocycles. The molecule has 12 nitrogen and oxygen atoms in total. The largest absolute Gasteiger partial charge is 0.478 e. The minimum Gasteiger partial charge on any atom is -0.478 e. The van der Waals surface area contributed by atoms with Gasteiger partial charge in [0, 0.05) is 0 Å². The van der Waals surface area contributed by atoms with E-state index in [0.29, 0.717) is 11.1 Å². The summed E-state index contributed by atoms with van der Waals surface area (Å²) in [6.45, 7) is 0.0666. The minimum absolute atomic E-state index is 0.0477. The van der Waals surface area contributed by atoms with Crippen LogP contribution in [-0.4, -0.2) is 99.2 Å². The highest BCUT2D eigenvalue weighted by atomic mass is 16.7. The first-order valence-electron chi connectivity index (χ1n) is 9.81. The van der Waals surface area contributed by atoms with Crippen LogP contribution in [0.5, 0.6) is 0 Å². The van der Waals surface area contributed by atoms with Crippen molar-refractivity contribution in [2.45, 2.75) is 12.8 Å². The van der Waals surface area contributed by atoms with Gasteiger partial charge in [0.1, 0.15) is 27.2 Å². The van der Waals surface area contributed by atoms with Crippen LogP contribution in [0, 0.1) is 0 Å². The maximum absolute atomic E-state index is 11.7. The van der Waals surface area contributed by atoms with E-state index in [0.717, 1.165) is 6.07 Å². The molecule has 0 saturated carbocycles. The van der Waals surface area contributed by atoms with E-state index in [1.807, 2.05) is 0 Å². The molecule has 1 aromatic carbocycles. The second kappa shape index (κ2) is 17.4. The predicted octanol–water partition coefficient (Wildman–Crippen LogP) is 0.0822. The van der Waals surface area contributed by atoms with Crippen molar-refractivity contribution in [2.75, 3.05) is 66.8 Å². The number of hydrogen-bond acceptors (Lipinski definition) is 10. The van der Waals surface area contributed by atoms with Gasteiger partial charge in [-0.15, -0.1) is 0 Å². The fourth-order valence-electron chi connectivity index (χ4n) is 2.59. The lowest BCUT2D eigenvalue weighted by atomic mass is 9.93. The van der Waals surface area contributed by atoms with E-state index in [4.69, 9.17) is 38.6 Å². The lowest BCUT2D eigenvalue weighted by Gasteiger charge is -2.15. The molecule has 1 aromatic rings. The number of hydrogen-bond donors (Lipinski definition) is 4. The van der Waals surface area contributed by atoms with E-state index >= 15 is 0 Å². The van der Waals surface area contributed by atoms with Crippen LogP contribution in [0.1, 0.15) is 31.8 Å². The molecule has 12 heteroatoms. The SMILES string of the molecule is O=C(O)c1cc(CCOCOCOCCO)c(CCOCOCOCCO)c(C(=O)O)c1. The third-order valence-electron chi connectivity index (χ3n) is 3.97. The van der Waals surface area contributed by atoms with Crippen LogP contribution in [0.2, 0.25) is 0 Å². The zero-order valence-corrected chi connectivity index (χ0v) is 17.7. The first kappa shape index (κ1) is 27.9. The third-order valence-corrected chi connectivity index (χ3v) is 3.97. The summed E-state index contributed by atoms with van der Waals surface area (Å²) in [6.07, 6.45) is 0.465. The highest BCUT2D eigenvalue weighted by molar-refractivity contribution is 5.95. The van der Waals surface area contributed by atoms with E-state index in [1.165, 1.54) is 6.07 Å². The maximum Gasteiger partial charge on any atom is 0.335 e. The van der Waals surface area contributed by atoms with Crippen LogP contribution >= 0.6 is 0 Å². The van der Waals surface area contributed by atoms with E-state index in [1.54, 1.807) is 0 Å². The van der Waals surface area contributed by atoms with Gasteiger partial charge in [0.2, 0.25) is 0 Å². The molecule has 0 spiro atoms. The molecular weight excluding hydrogens is 432 g/mol. The lowest BCUT2D eigenvalue weighted by molar-refractivity contribution is -0.134. The number of carboxylic acids is 2. The second-order valence-corrected chi connectivity index (χ2v) is 6.23. The summed E-state index contributed by atoms with van der Waals surface area (Å²) in [4.78, 5) is 23.1. The van der Waals surface area contributed by atoms with Crippen molar-refractivity contribution < 1.29 is 58.4 Å². The Bertz CT molecular complexity index is 679. The van der Waals surface area contributed by atoms with Crippen LogP contribution in [0.3, 0.4) is 0 Å². The fourth-order valence-corrected chi connectivity index (χ4v) is 2.59. The van der Waals surface area contributed by atoms with Gasteiger partial charge in [-0.1, -0.05) is 0 Å². The van der Waals surface area contributed by atoms with Gasteiger partial charge >= 0.3 is 11.9 Å². The summed E-state index contributed by atoms with van der Waals surface area (Å²) in [5.74, 6) is -2.48. The molecule has 0 heterocycles. The van der Waals surface area contributed by atoms with Gasteiger partial charge in [-0.05, 0) is 36.1 Å². The van der Waals surface area contributed by atoms with Crippen molar-refractivity contribution in [3.63, 3.8) is 0 Å². The van der Waals surface area contributed by atoms with Gasteiger partial charge in [0.05, 0.1) is 50.8 Å². The van der Waals surface area contributed by atoms with Crippen LogP contribution < -0.4 is 0 Å². The lowest BCUT2D eigenvalue weighted by Crippen LogP contribution is -2.15. The zero-order valence-electron chi connectivity index (χ0n) is 17.7. The van der Waals surface area contributed by atoms with Gasteiger partial charge in [0.15, 0.2) is 0 Å². The number of aromatic carboxylic acids is 2. The summed E-state index contributed by atoms with van der Waals surface area (Å²) in [6, 6.07) is 2.53. The average Bonchev–Trinajstić information content (AvgIpc) is 2.77. The van der Waals surface area contributed by atoms with Crippen LogP contribution in [0.4, 0.5) is 0 Å². The molecular formula is C20H30O12. The normalized spacial score (nSPS) is 11.1. The molecule has 32 heavy (non-hydrogen) atoms. The molecule has 0 aromatic heterocycles. The van der Waals surface area contributed by atoms with Gasteiger partial charge in [-0.25, -0.2) is 9.59 Å². The standard InChI is InChI=1S/C20H30O12/c21-3-7-29-13-31-11-27-5-1-15-9-16(19(23)24)10-18(20(25)26)17(15)2-6-28-12-32-14-30-8-4-22/h9-10,21-22H,1-8,11-14H2,(H,23,24)(H,25,26). The van der Waals surface area contributed by atoms with Crippen LogP contribution in [0.25, 0.3) is 0 Å². The highest BCUT2D eigenvalue weighted by Gasteiger charge is 2.18. The third kappa shape index (κ3) is 11.5. The molecule has 0 aliphatic rings. The zero-order chi connectivity index (χ0) is 23.6. The van der Waals surface area contributed by atoms with Crippen molar-refractivity contribution in [2.24, 2.45) is 0 Å². The molecule has 4 N–H and O–H groups in total. The Labute approximate surface area is 185 Å². The number of aliphatic hydroxyl groups is 2. The van der Waals surface area contributed by atoms with Gasteiger partial charge in [0.25, 0.3) is 0 Å². The Morgan fingerprint density at radius 2 is 1.16 bits per heavy atom. The molecule has 1 rings (SSSR count). The molecule has 0 atom stereocenters. The van der Waals surface area contributed by atoms with Crippen molar-refractivity contribution in [1.29, 1.82) is 0 Å². The highest BCUT2D eigenvalue weighted by Crippen LogP contribution is 2.20. The average molecular weight is 462 g/mol. The Morgan fingerprint density at radius 3 is 1.62 bits per heavy atom. The molecule has 0 radical (unpaired) electrons. The molecule has 0 saturated heterocycles. The van der Waals surface area contributed by atoms with Crippen molar-refractivity contribution in [1.82, 2.24) is 0 Å². The van der Waals surface area contributed by atoms with E-state index < -0.39 is 11.9 Å². The molecule has 0 unspecified atom stereocenters. The number of carbonyl (C=O) groups is 2. The molecule has 0 aliphatic heterocycles. The molecule has 0 fully saturated rings. The summed E-state index contributed by atoms with van der Waals surface area (Å²) >= 11 is 0. The maximum atomic E-state index is 11.7. The molecule has 0 bridgehead atoms. The predicted molar refractivity (Wildman–Crippen MR) is 107 cm³/mol. The van der Waals surface area contributed by atoms with Crippen molar-refractivity contribution in [3.8, 4) is 0 Å². The first-order chi connectivity index (χ1) is 15.5. The Hall–Kier alpha value is -2.16. The number of aliphatic hydroxyl groups excluding tert-OH is 2. The Kier molecular flexibility index (Phi) is 15.2. The second-order valence-electron chi connectivity index (χ2n) is 6.23. The Morgan fingerprint density at radius 1 is 0.656 bits per heavy atom. The van der Waals surface area contributed by atoms with E-state index in [-0.39, 0.29) is 90.8 Å². The van der Waals surface area contributed by atoms with Crippen molar-refractivity contribution >= 4 is 11.9 Å². The van der Waals surface area contributed by atoms with Gasteiger partial charge in [-0.2, -0.15) is 0 Å². The summed E-state index contributed by atoms with van der Waals surface area (Å²) in [7, 11) is 0. The van der Waals surface area contributed by atoms with Crippen molar-refractivity contribution in [3.05, 3.63) is 34.4 Å². The number of ether oxygens (including phenoxy) is 6. The molecule has 0 amide bonds. The summed E-state index contributed by atoms with van der Waals surface area (Å²) < 4.78 is 30.6. The van der Waals surface area contributed by atoms with Gasteiger partial charge < -0.3 is 48.8 Å². The monoisotopic (exact) mass is 462 g/mol. The van der Waals surface area contributed by atoms with Crippen LogP contribution in [0.15, 0.2) is 12.1 Å². The minimum atomic E-state index is -1.25. The first-order valence-corrected chi connectivity index (χ1v) is 9.81. The smallest absolute Gasteiger partial charge is 0.335 e. The summed E-state index contributed by atoms with van der Waals surface area (Å²) in [5, 5.41) is 36.0. The summed E-state index contributed by atoms with van der Waals surface area (Å²) in [5.41, 5.74) is 0.689.